The first-order valence-electron chi connectivity index (χ1n) is 2.99. The molecule has 0 radical (unpaired) electrons. The van der Waals surface area contributed by atoms with E-state index < -0.39 is 11.7 Å². The van der Waals surface area contributed by atoms with Gasteiger partial charge in [0.2, 0.25) is 0 Å². The van der Waals surface area contributed by atoms with E-state index in [0.717, 1.165) is 12.1 Å². The maximum absolute atomic E-state index is 11.9. The average molecular weight is 179 g/mol. The smallest absolute Gasteiger partial charge is 0.350 e. The van der Waals surface area contributed by atoms with Crippen molar-refractivity contribution in [2.24, 2.45) is 0 Å². The summed E-state index contributed by atoms with van der Waals surface area (Å²) in [7, 11) is 0. The highest BCUT2D eigenvalue weighted by Crippen LogP contribution is 2.27. The zero-order chi connectivity index (χ0) is 9.35. The van der Waals surface area contributed by atoms with Crippen LogP contribution in [0.4, 0.5) is 19.0 Å². The number of nitrogens with two attached hydrogens (primary N) is 1. The second kappa shape index (κ2) is 2.54. The van der Waals surface area contributed by atoms with E-state index >= 15 is 0 Å². The van der Waals surface area contributed by atoms with Crippen LogP contribution in [-0.2, 0) is 6.18 Å². The predicted octanol–water partition coefficient (Wildman–Crippen LogP) is 0.812. The van der Waals surface area contributed by atoms with Crippen molar-refractivity contribution in [2.45, 2.75) is 6.18 Å². The lowest BCUT2D eigenvalue weighted by atomic mass is 10.3. The van der Waals surface area contributed by atoms with Crippen molar-refractivity contribution < 1.29 is 23.1 Å². The molecule has 0 saturated heterocycles. The number of anilines is 1. The van der Waals surface area contributed by atoms with Gasteiger partial charge in [0.05, 0.1) is 5.56 Å². The van der Waals surface area contributed by atoms with Crippen molar-refractivity contribution >= 4 is 5.82 Å². The van der Waals surface area contributed by atoms with E-state index in [1.54, 1.807) is 0 Å². The molecule has 0 spiro atoms. The molecule has 0 amide bonds. The van der Waals surface area contributed by atoms with Gasteiger partial charge in [0.25, 0.3) is 0 Å². The molecule has 0 aliphatic rings. The quantitative estimate of drug-likeness (QED) is 0.457. The van der Waals surface area contributed by atoms with Crippen molar-refractivity contribution in [3.8, 4) is 0 Å². The Hall–Kier alpha value is -1.46. The normalized spacial score (nSPS) is 11.6. The van der Waals surface area contributed by atoms with Gasteiger partial charge in [0.15, 0.2) is 0 Å². The first kappa shape index (κ1) is 8.63. The number of pyridine rings is 1. The standard InChI is InChI=1S/C6H5F3N2O/c7-6(8,9)4-1-2-5(10)11(12)3-4/h1-3,10,12H/p+1. The van der Waals surface area contributed by atoms with Crippen LogP contribution in [0.5, 0.6) is 0 Å². The minimum Gasteiger partial charge on any atom is -0.350 e. The monoisotopic (exact) mass is 179 g/mol. The fourth-order valence-electron chi connectivity index (χ4n) is 0.669. The molecule has 1 rings (SSSR count). The zero-order valence-corrected chi connectivity index (χ0v) is 5.84. The maximum Gasteiger partial charge on any atom is 0.420 e. The molecule has 0 bridgehead atoms. The van der Waals surface area contributed by atoms with Gasteiger partial charge in [-0.15, -0.1) is 0 Å². The molecule has 1 aromatic rings. The number of rotatable bonds is 0. The summed E-state index contributed by atoms with van der Waals surface area (Å²) in [5.41, 5.74) is 4.13. The topological polar surface area (TPSA) is 50.1 Å². The Morgan fingerprint density at radius 3 is 2.33 bits per heavy atom. The molecule has 0 aromatic carbocycles. The molecule has 0 atom stereocenters. The summed E-state index contributed by atoms with van der Waals surface area (Å²) in [6.07, 6.45) is -3.95. The highest BCUT2D eigenvalue weighted by atomic mass is 19.4. The van der Waals surface area contributed by atoms with Crippen LogP contribution < -0.4 is 10.5 Å². The summed E-state index contributed by atoms with van der Waals surface area (Å²) in [5, 5.41) is 8.76. The second-order valence-corrected chi connectivity index (χ2v) is 2.18. The molecule has 66 valence electrons. The molecular formula is C6H6F3N2O+. The fourth-order valence-corrected chi connectivity index (χ4v) is 0.669. The summed E-state index contributed by atoms with van der Waals surface area (Å²) < 4.78 is 36.0. The molecule has 1 aromatic heterocycles. The molecule has 0 saturated carbocycles. The highest BCUT2D eigenvalue weighted by Gasteiger charge is 2.32. The summed E-state index contributed by atoms with van der Waals surface area (Å²) >= 11 is 0. The lowest BCUT2D eigenvalue weighted by molar-refractivity contribution is -0.893. The maximum atomic E-state index is 11.9. The average Bonchev–Trinajstić information content (AvgIpc) is 1.92. The van der Waals surface area contributed by atoms with Gasteiger partial charge in [-0.25, -0.2) is 0 Å². The lowest BCUT2D eigenvalue weighted by Crippen LogP contribution is -2.34. The lowest BCUT2D eigenvalue weighted by Gasteiger charge is -2.04. The Kier molecular flexibility index (Phi) is 1.83. The van der Waals surface area contributed by atoms with Crippen molar-refractivity contribution in [1.82, 2.24) is 0 Å². The number of hydrogen-bond donors (Lipinski definition) is 2. The van der Waals surface area contributed by atoms with E-state index in [1.165, 1.54) is 0 Å². The number of nitrogen functional groups attached to an aromatic ring is 1. The van der Waals surface area contributed by atoms with Gasteiger partial charge in [0, 0.05) is 6.07 Å². The summed E-state index contributed by atoms with van der Waals surface area (Å²) in [5.74, 6) is -0.150. The molecular weight excluding hydrogens is 173 g/mol. The molecule has 0 fully saturated rings. The Morgan fingerprint density at radius 1 is 1.33 bits per heavy atom. The van der Waals surface area contributed by atoms with Crippen molar-refractivity contribution in [3.05, 3.63) is 23.9 Å². The van der Waals surface area contributed by atoms with Crippen molar-refractivity contribution in [3.63, 3.8) is 0 Å². The second-order valence-electron chi connectivity index (χ2n) is 2.18. The van der Waals surface area contributed by atoms with Crippen LogP contribution in [-0.4, -0.2) is 5.21 Å². The SMILES string of the molecule is Nc1ccc(C(F)(F)F)c[n+]1O. The third kappa shape index (κ3) is 1.58. The number of aromatic nitrogens is 1. The Labute approximate surface area is 65.8 Å². The van der Waals surface area contributed by atoms with E-state index in [1.807, 2.05) is 0 Å². The van der Waals surface area contributed by atoms with Crippen LogP contribution in [0.25, 0.3) is 0 Å². The number of alkyl halides is 3. The van der Waals surface area contributed by atoms with Crippen molar-refractivity contribution in [1.29, 1.82) is 0 Å². The summed E-state index contributed by atoms with van der Waals surface area (Å²) in [6.45, 7) is 0. The molecule has 1 heterocycles. The van der Waals surface area contributed by atoms with Crippen LogP contribution >= 0.6 is 0 Å². The minimum atomic E-state index is -4.46. The first-order valence-corrected chi connectivity index (χ1v) is 2.99. The molecule has 0 unspecified atom stereocenters. The Morgan fingerprint density at radius 2 is 1.92 bits per heavy atom. The number of nitrogens with zero attached hydrogens (tertiary/aromatic N) is 1. The third-order valence-electron chi connectivity index (χ3n) is 1.29. The van der Waals surface area contributed by atoms with Gasteiger partial charge < -0.3 is 5.21 Å². The molecule has 6 heteroatoms. The molecule has 0 aliphatic heterocycles. The van der Waals surface area contributed by atoms with Crippen LogP contribution in [0.1, 0.15) is 5.56 Å². The molecule has 3 N–H and O–H groups in total. The minimum absolute atomic E-state index is 0.150. The van der Waals surface area contributed by atoms with Gasteiger partial charge in [-0.1, -0.05) is 4.73 Å². The molecule has 0 aliphatic carbocycles. The van der Waals surface area contributed by atoms with Gasteiger partial charge in [-0.2, -0.15) is 13.2 Å². The van der Waals surface area contributed by atoms with E-state index in [-0.39, 0.29) is 10.5 Å². The summed E-state index contributed by atoms with van der Waals surface area (Å²) in [6, 6.07) is 1.77. The zero-order valence-electron chi connectivity index (χ0n) is 5.84. The van der Waals surface area contributed by atoms with E-state index in [0.29, 0.717) is 6.20 Å². The van der Waals surface area contributed by atoms with Crippen molar-refractivity contribution in [2.75, 3.05) is 5.73 Å². The molecule has 12 heavy (non-hydrogen) atoms. The fraction of sp³-hybridized carbons (Fsp3) is 0.167. The van der Waals surface area contributed by atoms with E-state index in [4.69, 9.17) is 10.9 Å². The number of halogens is 3. The Balaban J connectivity index is 3.14. The van der Waals surface area contributed by atoms with Crippen LogP contribution in [0.15, 0.2) is 18.3 Å². The Bertz CT molecular complexity index is 297. The van der Waals surface area contributed by atoms with Gasteiger partial charge in [0.1, 0.15) is 6.20 Å². The van der Waals surface area contributed by atoms with Crippen LogP contribution in [0.3, 0.4) is 0 Å². The predicted molar refractivity (Wildman–Crippen MR) is 33.2 cm³/mol. The van der Waals surface area contributed by atoms with Gasteiger partial charge in [-0.3, -0.25) is 5.73 Å². The molecule has 3 nitrogen and oxygen atoms in total. The number of hydrogen-bond acceptors (Lipinski definition) is 2. The van der Waals surface area contributed by atoms with E-state index in [9.17, 15) is 13.2 Å². The van der Waals surface area contributed by atoms with Crippen LogP contribution in [0.2, 0.25) is 0 Å². The highest BCUT2D eigenvalue weighted by molar-refractivity contribution is 5.23. The van der Waals surface area contributed by atoms with Gasteiger partial charge >= 0.3 is 12.0 Å². The largest absolute Gasteiger partial charge is 0.420 e. The third-order valence-corrected chi connectivity index (χ3v) is 1.29. The van der Waals surface area contributed by atoms with Gasteiger partial charge in [-0.05, 0) is 6.07 Å². The summed E-state index contributed by atoms with van der Waals surface area (Å²) in [4.78, 5) is 0. The first-order chi connectivity index (χ1) is 5.41. The van der Waals surface area contributed by atoms with Crippen LogP contribution in [0, 0.1) is 0 Å². The van der Waals surface area contributed by atoms with E-state index in [2.05, 4.69) is 0 Å².